The number of rotatable bonds is 27. The highest BCUT2D eigenvalue weighted by Gasteiger charge is 2.29. The second kappa shape index (κ2) is 28.1. The van der Waals surface area contributed by atoms with E-state index in [4.69, 9.17) is 9.47 Å². The van der Waals surface area contributed by atoms with E-state index in [9.17, 15) is 14.4 Å². The number of aromatic nitrogens is 4. The Morgan fingerprint density at radius 2 is 1.32 bits per heavy atom. The number of unbranched alkanes of at least 4 members (excludes halogenated alkanes) is 2. The van der Waals surface area contributed by atoms with Crippen molar-refractivity contribution < 1.29 is 23.9 Å². The molecule has 1 N–H and O–H groups in total. The fourth-order valence-corrected chi connectivity index (χ4v) is 6.11. The van der Waals surface area contributed by atoms with Crippen molar-refractivity contribution in [2.75, 3.05) is 13.2 Å². The minimum Gasteiger partial charge on any atom is -0.462 e. The lowest BCUT2D eigenvalue weighted by atomic mass is 9.96. The fourth-order valence-electron chi connectivity index (χ4n) is 6.11. The van der Waals surface area contributed by atoms with Crippen LogP contribution in [0.1, 0.15) is 110 Å². The summed E-state index contributed by atoms with van der Waals surface area (Å²) in [5, 5.41) is 14.5. The molecule has 0 saturated carbocycles. The minimum absolute atomic E-state index is 0.0000675. The number of tetrazole rings is 1. The fraction of sp³-hybridized carbons (Fsp3) is 0.447. The highest BCUT2D eigenvalue weighted by Crippen LogP contribution is 2.30. The third-order valence-corrected chi connectivity index (χ3v) is 9.26. The number of hydrogen-bond acceptors (Lipinski definition) is 8. The first-order valence-corrected chi connectivity index (χ1v) is 20.6. The maximum Gasteiger partial charge on any atom is 0.308 e. The van der Waals surface area contributed by atoms with Crippen molar-refractivity contribution in [3.63, 3.8) is 0 Å². The van der Waals surface area contributed by atoms with E-state index >= 15 is 0 Å². The number of ether oxygens (including phenoxy) is 2. The van der Waals surface area contributed by atoms with Gasteiger partial charge in [0, 0.05) is 31.0 Å². The average molecular weight is 778 g/mol. The zero-order chi connectivity index (χ0) is 40.9. The summed E-state index contributed by atoms with van der Waals surface area (Å²) < 4.78 is 10.8. The van der Waals surface area contributed by atoms with E-state index in [-0.39, 0.29) is 43.5 Å². The van der Waals surface area contributed by atoms with Crippen LogP contribution in [0.15, 0.2) is 109 Å². The summed E-state index contributed by atoms with van der Waals surface area (Å²) in [4.78, 5) is 40.7. The standard InChI is InChI=1S/C47H63N5O5/c1-5-7-9-10-11-12-13-14-15-16-17-18-19-20-21-22-23-29-45(54)56-34-35-57-46(55)36-43(38(3)4)52(44(53)28-8-6-2)37-39-30-32-40(33-31-39)41-26-24-25-27-42(41)47-48-50-51-49-47/h7,9,11-12,14-15,17-18,20-21,24-27,30-33,38,43H,5-6,8,10,13,16,19,22-23,28-29,34-37H2,1-4H3,(H,48,49,50,51)/t43-/m1/s1. The molecule has 306 valence electrons. The summed E-state index contributed by atoms with van der Waals surface area (Å²) in [6.07, 6.45) is 30.4. The van der Waals surface area contributed by atoms with Gasteiger partial charge in [0.05, 0.1) is 6.42 Å². The number of benzene rings is 2. The lowest BCUT2D eigenvalue weighted by Crippen LogP contribution is -2.44. The van der Waals surface area contributed by atoms with E-state index in [0.717, 1.165) is 73.6 Å². The Morgan fingerprint density at radius 3 is 1.89 bits per heavy atom. The number of carbonyl (C=O) groups excluding carboxylic acids is 3. The maximum atomic E-state index is 13.6. The quantitative estimate of drug-likeness (QED) is 0.0460. The Hall–Kier alpha value is -5.38. The van der Waals surface area contributed by atoms with Crippen LogP contribution in [0.25, 0.3) is 22.5 Å². The van der Waals surface area contributed by atoms with Gasteiger partial charge in [-0.3, -0.25) is 14.4 Å². The number of aromatic amines is 1. The summed E-state index contributed by atoms with van der Waals surface area (Å²) in [5.74, 6) is -0.209. The van der Waals surface area contributed by atoms with Crippen LogP contribution in [0.5, 0.6) is 0 Å². The van der Waals surface area contributed by atoms with Crippen molar-refractivity contribution in [3.8, 4) is 22.5 Å². The molecule has 10 nitrogen and oxygen atoms in total. The van der Waals surface area contributed by atoms with Crippen LogP contribution in [-0.2, 0) is 30.4 Å². The number of H-pyrrole nitrogens is 1. The molecule has 1 atom stereocenters. The lowest BCUT2D eigenvalue weighted by Gasteiger charge is -2.34. The number of nitrogens with one attached hydrogen (secondary N) is 1. The van der Waals surface area contributed by atoms with Gasteiger partial charge in [-0.1, -0.05) is 143 Å². The second-order valence-corrected chi connectivity index (χ2v) is 14.2. The van der Waals surface area contributed by atoms with Crippen molar-refractivity contribution >= 4 is 17.8 Å². The zero-order valence-electron chi connectivity index (χ0n) is 34.5. The normalized spacial score (nSPS) is 12.5. The number of hydrogen-bond donors (Lipinski definition) is 1. The van der Waals surface area contributed by atoms with Gasteiger partial charge in [-0.25, -0.2) is 0 Å². The Balaban J connectivity index is 1.40. The van der Waals surface area contributed by atoms with Crippen LogP contribution in [0, 0.1) is 5.92 Å². The van der Waals surface area contributed by atoms with Crippen molar-refractivity contribution in [2.24, 2.45) is 5.92 Å². The van der Waals surface area contributed by atoms with Gasteiger partial charge in [0.1, 0.15) is 13.2 Å². The molecule has 0 unspecified atom stereocenters. The molecule has 0 radical (unpaired) electrons. The SMILES string of the molecule is CCC=CCC=CCC=CCC=CCC=CCCCC(=O)OCCOC(=O)C[C@H](C(C)C)N(Cc1ccc(-c2ccccc2-c2nn[nH]n2)cc1)C(=O)CCCC. The summed E-state index contributed by atoms with van der Waals surface area (Å²) in [6, 6.07) is 15.6. The van der Waals surface area contributed by atoms with Crippen LogP contribution in [-0.4, -0.2) is 62.6 Å². The summed E-state index contributed by atoms with van der Waals surface area (Å²) in [7, 11) is 0. The molecule has 10 heteroatoms. The smallest absolute Gasteiger partial charge is 0.308 e. The highest BCUT2D eigenvalue weighted by molar-refractivity contribution is 5.81. The predicted molar refractivity (Wildman–Crippen MR) is 229 cm³/mol. The van der Waals surface area contributed by atoms with Crippen LogP contribution in [0.3, 0.4) is 0 Å². The highest BCUT2D eigenvalue weighted by atomic mass is 16.6. The first-order chi connectivity index (χ1) is 27.8. The third kappa shape index (κ3) is 18.4. The topological polar surface area (TPSA) is 127 Å². The predicted octanol–water partition coefficient (Wildman–Crippen LogP) is 10.5. The Morgan fingerprint density at radius 1 is 0.719 bits per heavy atom. The molecule has 57 heavy (non-hydrogen) atoms. The monoisotopic (exact) mass is 777 g/mol. The van der Waals surface area contributed by atoms with Gasteiger partial charge in [0.15, 0.2) is 0 Å². The molecule has 0 aliphatic carbocycles. The molecule has 1 heterocycles. The summed E-state index contributed by atoms with van der Waals surface area (Å²) >= 11 is 0. The first-order valence-electron chi connectivity index (χ1n) is 20.6. The molecule has 1 aromatic heterocycles. The van der Waals surface area contributed by atoms with Gasteiger partial charge in [-0.05, 0) is 79.2 Å². The van der Waals surface area contributed by atoms with Crippen molar-refractivity contribution in [2.45, 2.75) is 117 Å². The maximum absolute atomic E-state index is 13.6. The molecule has 1 amide bonds. The summed E-state index contributed by atoms with van der Waals surface area (Å²) in [6.45, 7) is 8.56. The number of amides is 1. The number of carbonyl (C=O) groups is 3. The van der Waals surface area contributed by atoms with Crippen LogP contribution in [0.4, 0.5) is 0 Å². The Bertz CT molecular complexity index is 1740. The molecule has 0 saturated heterocycles. The van der Waals surface area contributed by atoms with E-state index in [1.54, 1.807) is 0 Å². The van der Waals surface area contributed by atoms with Gasteiger partial charge >= 0.3 is 11.9 Å². The average Bonchev–Trinajstić information content (AvgIpc) is 3.76. The van der Waals surface area contributed by atoms with Gasteiger partial charge in [0.2, 0.25) is 11.7 Å². The molecule has 0 fully saturated rings. The Kier molecular flexibility index (Phi) is 22.7. The molecular weight excluding hydrogens is 715 g/mol. The van der Waals surface area contributed by atoms with E-state index in [1.807, 2.05) is 67.3 Å². The number of nitrogens with zero attached hydrogens (tertiary/aromatic N) is 4. The molecule has 0 bridgehead atoms. The molecule has 0 aliphatic heterocycles. The first kappa shape index (κ1) is 46.0. The van der Waals surface area contributed by atoms with Crippen LogP contribution in [0.2, 0.25) is 0 Å². The van der Waals surface area contributed by atoms with Gasteiger partial charge in [-0.2, -0.15) is 5.21 Å². The molecular formula is C47H63N5O5. The zero-order valence-corrected chi connectivity index (χ0v) is 34.5. The van der Waals surface area contributed by atoms with Crippen molar-refractivity contribution in [1.82, 2.24) is 25.5 Å². The largest absolute Gasteiger partial charge is 0.462 e. The van der Waals surface area contributed by atoms with Gasteiger partial charge in [0.25, 0.3) is 0 Å². The molecule has 2 aromatic carbocycles. The molecule has 3 aromatic rings. The summed E-state index contributed by atoms with van der Waals surface area (Å²) in [5.41, 5.74) is 3.77. The van der Waals surface area contributed by atoms with Gasteiger partial charge < -0.3 is 14.4 Å². The third-order valence-electron chi connectivity index (χ3n) is 9.26. The van der Waals surface area contributed by atoms with E-state index in [2.05, 4.69) is 95.2 Å². The Labute approximate surface area is 340 Å². The molecule has 0 aliphatic rings. The molecule has 0 spiro atoms. The number of allylic oxidation sites excluding steroid dienone is 10. The van der Waals surface area contributed by atoms with Crippen molar-refractivity contribution in [1.29, 1.82) is 0 Å². The number of esters is 2. The molecule has 3 rings (SSSR count). The van der Waals surface area contributed by atoms with Crippen LogP contribution < -0.4 is 0 Å². The van der Waals surface area contributed by atoms with E-state index < -0.39 is 5.97 Å². The van der Waals surface area contributed by atoms with Gasteiger partial charge in [-0.15, -0.1) is 10.2 Å². The second-order valence-electron chi connectivity index (χ2n) is 14.2. The van der Waals surface area contributed by atoms with E-state index in [0.29, 0.717) is 31.6 Å². The minimum atomic E-state index is -0.426. The lowest BCUT2D eigenvalue weighted by molar-refractivity contribution is -0.154. The van der Waals surface area contributed by atoms with Crippen LogP contribution >= 0.6 is 0 Å². The van der Waals surface area contributed by atoms with Crippen molar-refractivity contribution in [3.05, 3.63) is 115 Å². The van der Waals surface area contributed by atoms with E-state index in [1.165, 1.54) is 0 Å².